The molecule has 0 saturated heterocycles. The second-order valence-electron chi connectivity index (χ2n) is 3.82. The number of nitrogens with zero attached hydrogens (tertiary/aromatic N) is 2. The molecule has 0 fully saturated rings. The number of anilines is 1. The molecule has 0 aromatic carbocycles. The molecule has 0 bridgehead atoms. The minimum atomic E-state index is 0.734. The average molecular weight is 243 g/mol. The fourth-order valence-electron chi connectivity index (χ4n) is 1.59. The topological polar surface area (TPSA) is 48.7 Å². The molecule has 0 radical (unpaired) electrons. The molecule has 0 saturated carbocycles. The van der Waals surface area contributed by atoms with E-state index < -0.39 is 0 Å². The van der Waals surface area contributed by atoms with Crippen LogP contribution in [0.2, 0.25) is 0 Å². The van der Waals surface area contributed by atoms with Crippen LogP contribution in [-0.4, -0.2) is 4.98 Å². The van der Waals surface area contributed by atoms with Crippen molar-refractivity contribution in [1.29, 1.82) is 5.26 Å². The lowest BCUT2D eigenvalue weighted by atomic mass is 10.2. The van der Waals surface area contributed by atoms with Crippen LogP contribution in [0.25, 0.3) is 0 Å². The molecule has 0 aliphatic heterocycles. The van der Waals surface area contributed by atoms with Gasteiger partial charge in [-0.3, -0.25) is 4.98 Å². The highest BCUT2D eigenvalue weighted by Crippen LogP contribution is 2.18. The molecule has 1 N–H and O–H groups in total. The Balaban J connectivity index is 2.05. The molecular weight excluding hydrogens is 230 g/mol. The Labute approximate surface area is 105 Å². The third-order valence-corrected chi connectivity index (χ3v) is 3.44. The highest BCUT2D eigenvalue weighted by Gasteiger charge is 2.02. The summed E-state index contributed by atoms with van der Waals surface area (Å²) in [6.07, 6.45) is 0. The number of aromatic nitrogens is 1. The van der Waals surface area contributed by atoms with Gasteiger partial charge >= 0.3 is 0 Å². The van der Waals surface area contributed by atoms with Gasteiger partial charge in [-0.1, -0.05) is 0 Å². The van der Waals surface area contributed by atoms with Crippen LogP contribution in [0.5, 0.6) is 0 Å². The van der Waals surface area contributed by atoms with E-state index in [0.29, 0.717) is 0 Å². The maximum absolute atomic E-state index is 8.74. The number of aryl methyl sites for hydroxylation is 2. The number of nitrogens with one attached hydrogen (secondary N) is 1. The number of pyridine rings is 1. The van der Waals surface area contributed by atoms with E-state index in [1.807, 2.05) is 38.1 Å². The minimum absolute atomic E-state index is 0.734. The Hall–Kier alpha value is -1.86. The van der Waals surface area contributed by atoms with Crippen molar-refractivity contribution in [2.24, 2.45) is 0 Å². The number of rotatable bonds is 3. The van der Waals surface area contributed by atoms with Gasteiger partial charge < -0.3 is 5.32 Å². The smallest absolute Gasteiger partial charge is 0.110 e. The molecule has 0 atom stereocenters. The van der Waals surface area contributed by atoms with E-state index in [1.165, 1.54) is 11.3 Å². The zero-order chi connectivity index (χ0) is 12.3. The molecule has 2 aromatic rings. The minimum Gasteiger partial charge on any atom is -0.379 e. The van der Waals surface area contributed by atoms with Gasteiger partial charge in [-0.25, -0.2) is 0 Å². The largest absolute Gasteiger partial charge is 0.379 e. The van der Waals surface area contributed by atoms with Crippen molar-refractivity contribution in [2.45, 2.75) is 20.4 Å². The van der Waals surface area contributed by atoms with Crippen LogP contribution in [0.1, 0.15) is 21.1 Å². The predicted molar refractivity (Wildman–Crippen MR) is 70.1 cm³/mol. The van der Waals surface area contributed by atoms with E-state index in [-0.39, 0.29) is 0 Å². The van der Waals surface area contributed by atoms with Gasteiger partial charge in [0, 0.05) is 17.1 Å². The lowest BCUT2D eigenvalue weighted by molar-refractivity contribution is 1.09. The van der Waals surface area contributed by atoms with Crippen LogP contribution in [0.3, 0.4) is 0 Å². The fraction of sp³-hybridized carbons (Fsp3) is 0.231. The average Bonchev–Trinajstić information content (AvgIpc) is 2.76. The van der Waals surface area contributed by atoms with Crippen molar-refractivity contribution < 1.29 is 0 Å². The number of hydrogen-bond acceptors (Lipinski definition) is 4. The van der Waals surface area contributed by atoms with Crippen molar-refractivity contribution >= 4 is 17.0 Å². The molecule has 2 heterocycles. The van der Waals surface area contributed by atoms with Crippen molar-refractivity contribution in [1.82, 2.24) is 4.98 Å². The van der Waals surface area contributed by atoms with Gasteiger partial charge in [0.05, 0.1) is 11.4 Å². The molecule has 0 aliphatic rings. The van der Waals surface area contributed by atoms with Gasteiger partial charge in [-0.2, -0.15) is 5.26 Å². The van der Waals surface area contributed by atoms with Crippen LogP contribution in [0.4, 0.5) is 5.69 Å². The summed E-state index contributed by atoms with van der Waals surface area (Å²) in [5.41, 5.74) is 3.07. The molecule has 0 spiro atoms. The molecular formula is C13H13N3S. The molecule has 0 unspecified atom stereocenters. The van der Waals surface area contributed by atoms with Crippen molar-refractivity contribution in [3.05, 3.63) is 45.4 Å². The van der Waals surface area contributed by atoms with E-state index in [1.54, 1.807) is 0 Å². The second kappa shape index (κ2) is 4.98. The monoisotopic (exact) mass is 243 g/mol. The third-order valence-electron chi connectivity index (χ3n) is 2.45. The normalized spacial score (nSPS) is 9.94. The van der Waals surface area contributed by atoms with Gasteiger partial charge in [-0.15, -0.1) is 11.3 Å². The quantitative estimate of drug-likeness (QED) is 0.900. The summed E-state index contributed by atoms with van der Waals surface area (Å²) in [5, 5.41) is 12.1. The van der Waals surface area contributed by atoms with Crippen LogP contribution >= 0.6 is 11.3 Å². The maximum atomic E-state index is 8.74. The standard InChI is InChI=1S/C13H13N3S/c1-9-3-6-13(10(2)16-9)15-8-12-5-4-11(7-14)17-12/h3-6,15H,8H2,1-2H3. The molecule has 3 nitrogen and oxygen atoms in total. The van der Waals surface area contributed by atoms with Crippen LogP contribution in [-0.2, 0) is 6.54 Å². The molecule has 0 aliphatic carbocycles. The lowest BCUT2D eigenvalue weighted by Crippen LogP contribution is -2.01. The number of thiophene rings is 1. The Morgan fingerprint density at radius 2 is 2.12 bits per heavy atom. The van der Waals surface area contributed by atoms with E-state index in [0.717, 1.165) is 33.4 Å². The first kappa shape index (κ1) is 11.6. The zero-order valence-corrected chi connectivity index (χ0v) is 10.6. The third kappa shape index (κ3) is 2.83. The van der Waals surface area contributed by atoms with E-state index in [2.05, 4.69) is 16.4 Å². The van der Waals surface area contributed by atoms with Gasteiger partial charge in [0.1, 0.15) is 10.9 Å². The first-order valence-corrected chi connectivity index (χ1v) is 6.17. The lowest BCUT2D eigenvalue weighted by Gasteiger charge is -2.08. The zero-order valence-electron chi connectivity index (χ0n) is 9.82. The van der Waals surface area contributed by atoms with Crippen LogP contribution < -0.4 is 5.32 Å². The fourth-order valence-corrected chi connectivity index (χ4v) is 2.33. The Kier molecular flexibility index (Phi) is 3.40. The molecule has 86 valence electrons. The SMILES string of the molecule is Cc1ccc(NCc2ccc(C#N)s2)c(C)n1. The van der Waals surface area contributed by atoms with E-state index in [9.17, 15) is 0 Å². The first-order valence-electron chi connectivity index (χ1n) is 5.36. The molecule has 17 heavy (non-hydrogen) atoms. The summed E-state index contributed by atoms with van der Waals surface area (Å²) >= 11 is 1.52. The van der Waals surface area contributed by atoms with Gasteiger partial charge in [0.15, 0.2) is 0 Å². The number of hydrogen-bond donors (Lipinski definition) is 1. The summed E-state index contributed by atoms with van der Waals surface area (Å²) in [4.78, 5) is 6.30. The molecule has 2 aromatic heterocycles. The summed E-state index contributed by atoms with van der Waals surface area (Å²) in [6.45, 7) is 4.71. The van der Waals surface area contributed by atoms with E-state index >= 15 is 0 Å². The van der Waals surface area contributed by atoms with Crippen molar-refractivity contribution in [3.8, 4) is 6.07 Å². The van der Waals surface area contributed by atoms with Crippen LogP contribution in [0.15, 0.2) is 24.3 Å². The molecule has 0 amide bonds. The van der Waals surface area contributed by atoms with Crippen LogP contribution in [0, 0.1) is 25.2 Å². The van der Waals surface area contributed by atoms with Gasteiger partial charge in [-0.05, 0) is 38.1 Å². The highest BCUT2D eigenvalue weighted by atomic mass is 32.1. The summed E-state index contributed by atoms with van der Waals surface area (Å²) < 4.78 is 0. The first-order chi connectivity index (χ1) is 8.19. The Morgan fingerprint density at radius 1 is 1.29 bits per heavy atom. The Morgan fingerprint density at radius 3 is 2.76 bits per heavy atom. The highest BCUT2D eigenvalue weighted by molar-refractivity contribution is 7.12. The number of nitriles is 1. The molecule has 4 heteroatoms. The van der Waals surface area contributed by atoms with Crippen molar-refractivity contribution in [2.75, 3.05) is 5.32 Å². The van der Waals surface area contributed by atoms with Gasteiger partial charge in [0.2, 0.25) is 0 Å². The predicted octanol–water partition coefficient (Wildman–Crippen LogP) is 3.24. The summed E-state index contributed by atoms with van der Waals surface area (Å²) in [6, 6.07) is 10.00. The molecule has 2 rings (SSSR count). The van der Waals surface area contributed by atoms with E-state index in [4.69, 9.17) is 5.26 Å². The summed E-state index contributed by atoms with van der Waals surface area (Å²) in [7, 11) is 0. The maximum Gasteiger partial charge on any atom is 0.110 e. The van der Waals surface area contributed by atoms with Gasteiger partial charge in [0.25, 0.3) is 0 Å². The van der Waals surface area contributed by atoms with Crippen molar-refractivity contribution in [3.63, 3.8) is 0 Å². The second-order valence-corrected chi connectivity index (χ2v) is 4.99. The summed E-state index contributed by atoms with van der Waals surface area (Å²) in [5.74, 6) is 0. The Bertz CT molecular complexity index is 566.